The van der Waals surface area contributed by atoms with Crippen molar-refractivity contribution in [2.75, 3.05) is 0 Å². The highest BCUT2D eigenvalue weighted by Crippen LogP contribution is 2.26. The van der Waals surface area contributed by atoms with Gasteiger partial charge in [-0.2, -0.15) is 10.4 Å². The molecule has 0 fully saturated rings. The minimum absolute atomic E-state index is 0.0611. The topological polar surface area (TPSA) is 71.6 Å². The van der Waals surface area contributed by atoms with Crippen LogP contribution in [0.3, 0.4) is 0 Å². The summed E-state index contributed by atoms with van der Waals surface area (Å²) in [6.07, 6.45) is 8.85. The highest BCUT2D eigenvalue weighted by Gasteiger charge is 2.16. The number of ketones is 1. The number of rotatable bonds is 7. The van der Waals surface area contributed by atoms with Crippen molar-refractivity contribution in [3.8, 4) is 23.0 Å². The minimum atomic E-state index is -0.305. The van der Waals surface area contributed by atoms with Gasteiger partial charge in [0.2, 0.25) is 5.78 Å². The van der Waals surface area contributed by atoms with Crippen LogP contribution in [0.4, 0.5) is 0 Å². The van der Waals surface area contributed by atoms with Gasteiger partial charge in [-0.05, 0) is 42.3 Å². The van der Waals surface area contributed by atoms with Gasteiger partial charge in [0.15, 0.2) is 0 Å². The molecule has 0 aliphatic carbocycles. The summed E-state index contributed by atoms with van der Waals surface area (Å²) in [5.74, 6) is -0.305. The van der Waals surface area contributed by atoms with Gasteiger partial charge in [0.05, 0.1) is 5.69 Å². The molecule has 0 N–H and O–H groups in total. The molecule has 2 aromatic heterocycles. The molecule has 0 atom stereocenters. The molecule has 0 amide bonds. The average Bonchev–Trinajstić information content (AvgIpc) is 3.28. The average molecular weight is 419 g/mol. The highest BCUT2D eigenvalue weighted by molar-refractivity contribution is 6.14. The van der Waals surface area contributed by atoms with Crippen LogP contribution >= 0.6 is 0 Å². The molecule has 0 spiro atoms. The maximum absolute atomic E-state index is 13.0. The molecule has 0 aliphatic heterocycles. The number of carbonyl (C=O) groups excluding carboxylic acids is 1. The van der Waals surface area contributed by atoms with Gasteiger partial charge < -0.3 is 0 Å². The number of carbonyl (C=O) groups is 1. The molecule has 0 radical (unpaired) electrons. The van der Waals surface area contributed by atoms with Gasteiger partial charge in [0, 0.05) is 35.3 Å². The van der Waals surface area contributed by atoms with Gasteiger partial charge in [-0.25, -0.2) is 4.68 Å². The number of allylic oxidation sites excluding steroid dienone is 1. The molecule has 0 unspecified atom stereocenters. The summed E-state index contributed by atoms with van der Waals surface area (Å²) in [7, 11) is 0. The number of pyridine rings is 1. The van der Waals surface area contributed by atoms with Crippen LogP contribution in [0.15, 0.2) is 90.9 Å². The second kappa shape index (κ2) is 9.67. The number of hydrogen-bond donors (Lipinski definition) is 0. The second-order valence-corrected chi connectivity index (χ2v) is 7.40. The zero-order valence-electron chi connectivity index (χ0n) is 17.8. The summed E-state index contributed by atoms with van der Waals surface area (Å²) < 4.78 is 1.74. The predicted molar refractivity (Wildman–Crippen MR) is 125 cm³/mol. The molecule has 5 nitrogen and oxygen atoms in total. The molecule has 0 aliphatic rings. The number of nitrogens with zero attached hydrogens (tertiary/aromatic N) is 4. The molecule has 0 saturated heterocycles. The van der Waals surface area contributed by atoms with E-state index in [0.717, 1.165) is 24.1 Å². The van der Waals surface area contributed by atoms with Crippen molar-refractivity contribution in [2.24, 2.45) is 0 Å². The Morgan fingerprint density at radius 2 is 1.84 bits per heavy atom. The fraction of sp³-hybridized carbons (Fsp3) is 0.111. The first-order valence-electron chi connectivity index (χ1n) is 10.5. The third-order valence-corrected chi connectivity index (χ3v) is 5.12. The van der Waals surface area contributed by atoms with E-state index in [1.807, 2.05) is 60.8 Å². The first-order valence-corrected chi connectivity index (χ1v) is 10.5. The largest absolute Gasteiger partial charge is 0.288 e. The van der Waals surface area contributed by atoms with Gasteiger partial charge in [-0.15, -0.1) is 0 Å². The number of para-hydroxylation sites is 1. The van der Waals surface area contributed by atoms with Gasteiger partial charge in [0.1, 0.15) is 17.3 Å². The van der Waals surface area contributed by atoms with Crippen LogP contribution in [0.25, 0.3) is 23.0 Å². The van der Waals surface area contributed by atoms with Crippen molar-refractivity contribution >= 4 is 11.9 Å². The molecule has 2 aromatic carbocycles. The summed E-state index contributed by atoms with van der Waals surface area (Å²) in [5.41, 5.74) is 4.75. The Hall–Kier alpha value is -4.30. The first kappa shape index (κ1) is 21.0. The van der Waals surface area contributed by atoms with Crippen molar-refractivity contribution < 1.29 is 4.79 Å². The Morgan fingerprint density at radius 3 is 2.50 bits per heavy atom. The second-order valence-electron chi connectivity index (χ2n) is 7.40. The van der Waals surface area contributed by atoms with Crippen molar-refractivity contribution in [3.05, 3.63) is 108 Å². The van der Waals surface area contributed by atoms with E-state index in [9.17, 15) is 10.1 Å². The number of nitriles is 1. The fourth-order valence-electron chi connectivity index (χ4n) is 3.50. The van der Waals surface area contributed by atoms with Crippen LogP contribution in [-0.4, -0.2) is 20.5 Å². The number of aromatic nitrogens is 3. The Kier molecular flexibility index (Phi) is 6.33. The molecule has 0 saturated carbocycles. The predicted octanol–water partition coefficient (Wildman–Crippen LogP) is 5.68. The fourth-order valence-corrected chi connectivity index (χ4v) is 3.50. The third-order valence-electron chi connectivity index (χ3n) is 5.12. The molecular weight excluding hydrogens is 396 g/mol. The van der Waals surface area contributed by atoms with Crippen LogP contribution in [0.2, 0.25) is 0 Å². The van der Waals surface area contributed by atoms with E-state index >= 15 is 0 Å². The van der Waals surface area contributed by atoms with Crippen LogP contribution < -0.4 is 0 Å². The molecule has 4 aromatic rings. The Morgan fingerprint density at radius 1 is 1.06 bits per heavy atom. The number of aryl methyl sites for hydroxylation is 1. The maximum Gasteiger partial charge on any atom is 0.203 e. The number of benzene rings is 2. The zero-order chi connectivity index (χ0) is 22.3. The lowest BCUT2D eigenvalue weighted by atomic mass is 9.99. The normalized spacial score (nSPS) is 11.2. The van der Waals surface area contributed by atoms with E-state index in [2.05, 4.69) is 18.0 Å². The quantitative estimate of drug-likeness (QED) is 0.220. The molecular formula is C27H22N4O. The zero-order valence-corrected chi connectivity index (χ0v) is 17.8. The van der Waals surface area contributed by atoms with Crippen LogP contribution in [0, 0.1) is 11.3 Å². The molecule has 156 valence electrons. The molecule has 32 heavy (non-hydrogen) atoms. The lowest BCUT2D eigenvalue weighted by Gasteiger charge is -2.03. The summed E-state index contributed by atoms with van der Waals surface area (Å²) in [6, 6.07) is 23.0. The van der Waals surface area contributed by atoms with Crippen molar-refractivity contribution in [1.82, 2.24) is 14.8 Å². The smallest absolute Gasteiger partial charge is 0.203 e. The standard InChI is InChI=1S/C27H22N4O/c1-2-7-20-11-13-21(14-12-20)27(32)23(17-28)16-24-19-31(25-9-4-3-5-10-25)30-26(24)22-8-6-15-29-18-22/h3-6,8-16,18-19H,2,7H2,1H3/b23-16-. The molecule has 2 heterocycles. The monoisotopic (exact) mass is 418 g/mol. The van der Waals surface area contributed by atoms with Crippen LogP contribution in [0.5, 0.6) is 0 Å². The summed E-state index contributed by atoms with van der Waals surface area (Å²) >= 11 is 0. The summed E-state index contributed by atoms with van der Waals surface area (Å²) in [6.45, 7) is 2.12. The van der Waals surface area contributed by atoms with E-state index in [0.29, 0.717) is 16.8 Å². The highest BCUT2D eigenvalue weighted by atomic mass is 16.1. The molecule has 5 heteroatoms. The summed E-state index contributed by atoms with van der Waals surface area (Å²) in [5, 5.41) is 14.5. The van der Waals surface area contributed by atoms with Crippen molar-refractivity contribution in [2.45, 2.75) is 19.8 Å². The minimum Gasteiger partial charge on any atom is -0.288 e. The molecule has 4 rings (SSSR count). The summed E-state index contributed by atoms with van der Waals surface area (Å²) in [4.78, 5) is 17.2. The maximum atomic E-state index is 13.0. The van der Waals surface area contributed by atoms with Gasteiger partial charge in [-0.1, -0.05) is 55.8 Å². The lowest BCUT2D eigenvalue weighted by molar-refractivity contribution is 0.104. The Balaban J connectivity index is 1.76. The van der Waals surface area contributed by atoms with Crippen LogP contribution in [-0.2, 0) is 6.42 Å². The Bertz CT molecular complexity index is 1280. The first-order chi connectivity index (χ1) is 15.7. The van der Waals surface area contributed by atoms with E-state index in [4.69, 9.17) is 5.10 Å². The Labute approximate surface area is 187 Å². The van der Waals surface area contributed by atoms with Gasteiger partial charge >= 0.3 is 0 Å². The number of Topliss-reactive ketones (excluding diaryl/α,β-unsaturated/α-hetero) is 1. The lowest BCUT2D eigenvalue weighted by Crippen LogP contribution is -2.02. The van der Waals surface area contributed by atoms with E-state index in [1.165, 1.54) is 5.56 Å². The van der Waals surface area contributed by atoms with Crippen molar-refractivity contribution in [3.63, 3.8) is 0 Å². The van der Waals surface area contributed by atoms with Gasteiger partial charge in [-0.3, -0.25) is 9.78 Å². The van der Waals surface area contributed by atoms with Crippen molar-refractivity contribution in [1.29, 1.82) is 5.26 Å². The van der Waals surface area contributed by atoms with E-state index < -0.39 is 0 Å². The number of hydrogen-bond acceptors (Lipinski definition) is 4. The van der Waals surface area contributed by atoms with Gasteiger partial charge in [0.25, 0.3) is 0 Å². The SMILES string of the molecule is CCCc1ccc(C(=O)/C(C#N)=C\c2cn(-c3ccccc3)nc2-c2cccnc2)cc1. The van der Waals surface area contributed by atoms with E-state index in [-0.39, 0.29) is 11.4 Å². The molecule has 0 bridgehead atoms. The third kappa shape index (κ3) is 4.55. The van der Waals surface area contributed by atoms with E-state index in [1.54, 1.807) is 35.3 Å². The van der Waals surface area contributed by atoms with Crippen LogP contribution in [0.1, 0.15) is 34.8 Å².